The molecule has 6 nitrogen and oxygen atoms in total. The van der Waals surface area contributed by atoms with Gasteiger partial charge in [-0.15, -0.1) is 0 Å². The van der Waals surface area contributed by atoms with Gasteiger partial charge < -0.3 is 9.47 Å². The summed E-state index contributed by atoms with van der Waals surface area (Å²) in [5.41, 5.74) is 0.0408. The molecule has 0 atom stereocenters. The van der Waals surface area contributed by atoms with Crippen LogP contribution in [0, 0.1) is 0 Å². The first-order chi connectivity index (χ1) is 12.9. The van der Waals surface area contributed by atoms with E-state index in [1.165, 1.54) is 18.3 Å². The Morgan fingerprint density at radius 2 is 1.93 bits per heavy atom. The minimum atomic E-state index is -4.38. The molecule has 0 spiro atoms. The van der Waals surface area contributed by atoms with Crippen LogP contribution >= 0.6 is 0 Å². The molecule has 2 heterocycles. The molecule has 3 aromatic rings. The van der Waals surface area contributed by atoms with Gasteiger partial charge in [0.05, 0.1) is 29.6 Å². The van der Waals surface area contributed by atoms with Crippen molar-refractivity contribution in [2.75, 3.05) is 13.2 Å². The minimum absolute atomic E-state index is 0.184. The zero-order chi connectivity index (χ0) is 19.4. The molecule has 3 rings (SSSR count). The summed E-state index contributed by atoms with van der Waals surface area (Å²) in [5.74, 6) is -0.197. The molecular weight excluding hydrogens is 363 g/mol. The van der Waals surface area contributed by atoms with E-state index in [4.69, 9.17) is 9.47 Å². The van der Waals surface area contributed by atoms with Crippen molar-refractivity contribution in [2.24, 2.45) is 0 Å². The molecule has 142 valence electrons. The Hall–Kier alpha value is -3.10. The summed E-state index contributed by atoms with van der Waals surface area (Å²) in [5, 5.41) is 4.89. The van der Waals surface area contributed by atoms with E-state index in [0.717, 1.165) is 12.1 Å². The number of halogens is 3. The van der Waals surface area contributed by atoms with E-state index >= 15 is 0 Å². The Bertz CT molecular complexity index is 936. The van der Waals surface area contributed by atoms with Gasteiger partial charge >= 0.3 is 12.1 Å². The Morgan fingerprint density at radius 1 is 1.19 bits per heavy atom. The number of pyridine rings is 1. The number of hydrogen-bond donors (Lipinski definition) is 0. The smallest absolute Gasteiger partial charge is 0.416 e. The van der Waals surface area contributed by atoms with Crippen LogP contribution in [0.3, 0.4) is 0 Å². The second kappa shape index (κ2) is 7.65. The van der Waals surface area contributed by atoms with E-state index in [0.29, 0.717) is 23.2 Å². The summed E-state index contributed by atoms with van der Waals surface area (Å²) in [7, 11) is 0. The molecule has 0 saturated carbocycles. The first-order valence-corrected chi connectivity index (χ1v) is 8.18. The van der Waals surface area contributed by atoms with E-state index in [2.05, 4.69) is 10.1 Å². The third-order valence-corrected chi connectivity index (χ3v) is 3.72. The second-order valence-corrected chi connectivity index (χ2v) is 5.58. The van der Waals surface area contributed by atoms with Crippen molar-refractivity contribution >= 4 is 16.9 Å². The number of ether oxygens (including phenoxy) is 2. The van der Waals surface area contributed by atoms with Crippen molar-refractivity contribution in [2.45, 2.75) is 19.6 Å². The van der Waals surface area contributed by atoms with Gasteiger partial charge in [0.25, 0.3) is 0 Å². The molecule has 0 N–H and O–H groups in total. The highest BCUT2D eigenvalue weighted by Crippen LogP contribution is 2.30. The third kappa shape index (κ3) is 4.36. The highest BCUT2D eigenvalue weighted by Gasteiger charge is 2.30. The Kier molecular flexibility index (Phi) is 5.29. The molecule has 0 aliphatic heterocycles. The van der Waals surface area contributed by atoms with Gasteiger partial charge in [0.1, 0.15) is 12.4 Å². The van der Waals surface area contributed by atoms with Crippen LogP contribution < -0.4 is 4.74 Å². The highest BCUT2D eigenvalue weighted by atomic mass is 19.4. The fourth-order valence-electron chi connectivity index (χ4n) is 2.47. The largest absolute Gasteiger partial charge is 0.492 e. The number of esters is 1. The van der Waals surface area contributed by atoms with Crippen LogP contribution in [0.25, 0.3) is 10.9 Å². The van der Waals surface area contributed by atoms with Crippen molar-refractivity contribution in [3.8, 4) is 5.75 Å². The van der Waals surface area contributed by atoms with Crippen LogP contribution in [0.1, 0.15) is 23.0 Å². The van der Waals surface area contributed by atoms with Crippen molar-refractivity contribution < 1.29 is 27.4 Å². The first-order valence-electron chi connectivity index (χ1n) is 8.18. The average molecular weight is 379 g/mol. The third-order valence-electron chi connectivity index (χ3n) is 3.72. The zero-order valence-electron chi connectivity index (χ0n) is 14.4. The lowest BCUT2D eigenvalue weighted by Crippen LogP contribution is -2.09. The SMILES string of the molecule is CCOC(=O)c1nccc2nn(CCOc3ccc(C(F)(F)F)cc3)cc12. The number of benzene rings is 1. The number of nitrogens with zero attached hydrogens (tertiary/aromatic N) is 3. The van der Waals surface area contributed by atoms with Crippen molar-refractivity contribution in [3.05, 3.63) is 54.0 Å². The van der Waals surface area contributed by atoms with E-state index in [1.807, 2.05) is 0 Å². The van der Waals surface area contributed by atoms with E-state index < -0.39 is 17.7 Å². The molecule has 0 radical (unpaired) electrons. The lowest BCUT2D eigenvalue weighted by molar-refractivity contribution is -0.137. The number of rotatable bonds is 6. The van der Waals surface area contributed by atoms with Crippen LogP contribution in [0.2, 0.25) is 0 Å². The normalized spacial score (nSPS) is 11.6. The van der Waals surface area contributed by atoms with Crippen molar-refractivity contribution in [3.63, 3.8) is 0 Å². The van der Waals surface area contributed by atoms with Gasteiger partial charge in [0.2, 0.25) is 0 Å². The lowest BCUT2D eigenvalue weighted by atomic mass is 10.2. The van der Waals surface area contributed by atoms with Gasteiger partial charge in [0, 0.05) is 12.4 Å². The molecule has 0 unspecified atom stereocenters. The maximum absolute atomic E-state index is 12.5. The molecule has 0 fully saturated rings. The van der Waals surface area contributed by atoms with Crippen LogP contribution in [-0.2, 0) is 17.5 Å². The molecule has 0 aliphatic rings. The van der Waals surface area contributed by atoms with Gasteiger partial charge in [-0.3, -0.25) is 4.68 Å². The van der Waals surface area contributed by atoms with Gasteiger partial charge in [0.15, 0.2) is 5.69 Å². The molecule has 0 saturated heterocycles. The standard InChI is InChI=1S/C18H16F3N3O3/c1-2-26-17(25)16-14-11-24(23-15(14)7-8-22-16)9-10-27-13-5-3-12(4-6-13)18(19,20)21/h3-8,11H,2,9-10H2,1H3. The maximum Gasteiger partial charge on any atom is 0.416 e. The summed E-state index contributed by atoms with van der Waals surface area (Å²) in [6.07, 6.45) is -1.24. The molecule has 9 heteroatoms. The Balaban J connectivity index is 1.65. The second-order valence-electron chi connectivity index (χ2n) is 5.58. The number of carbonyl (C=O) groups excluding carboxylic acids is 1. The highest BCUT2D eigenvalue weighted by molar-refractivity contribution is 6.01. The summed E-state index contributed by atoms with van der Waals surface area (Å²) < 4.78 is 49.6. The predicted molar refractivity (Wildman–Crippen MR) is 90.4 cm³/mol. The van der Waals surface area contributed by atoms with E-state index in [9.17, 15) is 18.0 Å². The van der Waals surface area contributed by atoms with Gasteiger partial charge in [-0.2, -0.15) is 18.3 Å². The van der Waals surface area contributed by atoms with Crippen LogP contribution in [-0.4, -0.2) is 33.9 Å². The fourth-order valence-corrected chi connectivity index (χ4v) is 2.47. The quantitative estimate of drug-likeness (QED) is 0.611. The maximum atomic E-state index is 12.5. The lowest BCUT2D eigenvalue weighted by Gasteiger charge is -2.09. The van der Waals surface area contributed by atoms with Crippen LogP contribution in [0.4, 0.5) is 13.2 Å². The van der Waals surface area contributed by atoms with Crippen molar-refractivity contribution in [1.82, 2.24) is 14.8 Å². The average Bonchev–Trinajstić information content (AvgIpc) is 3.04. The number of fused-ring (bicyclic) bond motifs is 1. The van der Waals surface area contributed by atoms with Gasteiger partial charge in [-0.05, 0) is 37.3 Å². The Labute approximate surface area is 152 Å². The number of carbonyl (C=O) groups is 1. The summed E-state index contributed by atoms with van der Waals surface area (Å²) in [4.78, 5) is 16.0. The fraction of sp³-hybridized carbons (Fsp3) is 0.278. The van der Waals surface area contributed by atoms with Gasteiger partial charge in [-0.25, -0.2) is 9.78 Å². The van der Waals surface area contributed by atoms with Gasteiger partial charge in [-0.1, -0.05) is 0 Å². The summed E-state index contributed by atoms with van der Waals surface area (Å²) in [6, 6.07) is 6.14. The minimum Gasteiger partial charge on any atom is -0.492 e. The zero-order valence-corrected chi connectivity index (χ0v) is 14.4. The molecule has 0 amide bonds. The molecule has 1 aromatic carbocycles. The van der Waals surface area contributed by atoms with Crippen molar-refractivity contribution in [1.29, 1.82) is 0 Å². The number of alkyl halides is 3. The molecule has 0 aliphatic carbocycles. The van der Waals surface area contributed by atoms with E-state index in [1.54, 1.807) is 23.9 Å². The molecule has 0 bridgehead atoms. The summed E-state index contributed by atoms with van der Waals surface area (Å²) in [6.45, 7) is 2.49. The first kappa shape index (κ1) is 18.7. The molecular formula is C18H16F3N3O3. The van der Waals surface area contributed by atoms with E-state index in [-0.39, 0.29) is 18.9 Å². The molecule has 2 aromatic heterocycles. The molecule has 27 heavy (non-hydrogen) atoms. The van der Waals surface area contributed by atoms with Crippen LogP contribution in [0.15, 0.2) is 42.7 Å². The number of aromatic nitrogens is 3. The monoisotopic (exact) mass is 379 g/mol. The topological polar surface area (TPSA) is 66.2 Å². The number of hydrogen-bond acceptors (Lipinski definition) is 5. The summed E-state index contributed by atoms with van der Waals surface area (Å²) >= 11 is 0. The predicted octanol–water partition coefficient (Wildman–Crippen LogP) is 3.71. The Morgan fingerprint density at radius 3 is 2.59 bits per heavy atom. The van der Waals surface area contributed by atoms with Crippen LogP contribution in [0.5, 0.6) is 5.75 Å².